The molecule has 1 aromatic heterocycles. The third kappa shape index (κ3) is 4.43. The van der Waals surface area contributed by atoms with Crippen molar-refractivity contribution in [1.82, 2.24) is 19.5 Å². The summed E-state index contributed by atoms with van der Waals surface area (Å²) >= 11 is 5.74. The number of alkyl halides is 3. The van der Waals surface area contributed by atoms with Crippen LogP contribution in [0, 0.1) is 0 Å². The van der Waals surface area contributed by atoms with Crippen molar-refractivity contribution in [3.63, 3.8) is 0 Å². The van der Waals surface area contributed by atoms with Crippen molar-refractivity contribution in [3.05, 3.63) is 41.4 Å². The Morgan fingerprint density at radius 1 is 1.39 bits per heavy atom. The summed E-state index contributed by atoms with van der Waals surface area (Å²) in [7, 11) is -4.22. The van der Waals surface area contributed by atoms with Gasteiger partial charge in [-0.1, -0.05) is 11.6 Å². The van der Waals surface area contributed by atoms with Crippen molar-refractivity contribution in [2.24, 2.45) is 0 Å². The van der Waals surface area contributed by atoms with Crippen LogP contribution in [0.3, 0.4) is 0 Å². The van der Waals surface area contributed by atoms with Crippen LogP contribution in [0.4, 0.5) is 13.2 Å². The highest BCUT2D eigenvalue weighted by molar-refractivity contribution is 7.89. The summed E-state index contributed by atoms with van der Waals surface area (Å²) in [6.07, 6.45) is -1.99. The molecule has 1 N–H and O–H groups in total. The van der Waals surface area contributed by atoms with Crippen molar-refractivity contribution >= 4 is 21.6 Å². The molecule has 1 heterocycles. The highest BCUT2D eigenvalue weighted by Crippen LogP contribution is 2.33. The van der Waals surface area contributed by atoms with Gasteiger partial charge < -0.3 is 0 Å². The molecule has 11 heteroatoms. The second kappa shape index (κ2) is 6.46. The Morgan fingerprint density at radius 2 is 2.09 bits per heavy atom. The molecule has 0 radical (unpaired) electrons. The van der Waals surface area contributed by atoms with E-state index in [9.17, 15) is 21.6 Å². The van der Waals surface area contributed by atoms with Gasteiger partial charge >= 0.3 is 6.18 Å². The standard InChI is InChI=1S/C12H12ClF3N4O2S/c1-8(5-20-7-17-6-18-20)19-23(21,22)11-4-9(12(14,15)16)2-3-10(11)13/h2-4,6-8,19H,5H2,1H3. The van der Waals surface area contributed by atoms with Crippen LogP contribution in [0.15, 0.2) is 35.7 Å². The molecule has 0 aliphatic carbocycles. The lowest BCUT2D eigenvalue weighted by Gasteiger charge is -2.16. The molecule has 0 aliphatic heterocycles. The number of benzene rings is 1. The lowest BCUT2D eigenvalue weighted by atomic mass is 10.2. The Labute approximate surface area is 135 Å². The average Bonchev–Trinajstić information content (AvgIpc) is 2.89. The molecule has 1 atom stereocenters. The predicted octanol–water partition coefficient (Wildman–Crippen LogP) is 2.32. The van der Waals surface area contributed by atoms with Gasteiger partial charge in [0.1, 0.15) is 17.6 Å². The second-order valence-electron chi connectivity index (χ2n) is 4.78. The largest absolute Gasteiger partial charge is 0.416 e. The van der Waals surface area contributed by atoms with E-state index in [-0.39, 0.29) is 11.6 Å². The molecule has 0 bridgehead atoms. The molecule has 6 nitrogen and oxygen atoms in total. The smallest absolute Gasteiger partial charge is 0.251 e. The summed E-state index contributed by atoms with van der Waals surface area (Å²) in [4.78, 5) is 3.09. The molecule has 0 aliphatic rings. The van der Waals surface area contributed by atoms with Crippen LogP contribution in [0.2, 0.25) is 5.02 Å². The van der Waals surface area contributed by atoms with Crippen molar-refractivity contribution in [1.29, 1.82) is 0 Å². The Hall–Kier alpha value is -1.65. The third-order valence-electron chi connectivity index (χ3n) is 2.83. The second-order valence-corrected chi connectivity index (χ2v) is 6.87. The van der Waals surface area contributed by atoms with Gasteiger partial charge in [0.15, 0.2) is 0 Å². The summed E-state index contributed by atoms with van der Waals surface area (Å²) in [5.74, 6) is 0. The van der Waals surface area contributed by atoms with Crippen molar-refractivity contribution in [3.8, 4) is 0 Å². The van der Waals surface area contributed by atoms with Gasteiger partial charge in [-0.25, -0.2) is 18.1 Å². The van der Waals surface area contributed by atoms with Crippen LogP contribution in [-0.2, 0) is 22.7 Å². The first-order chi connectivity index (χ1) is 10.6. The molecule has 0 saturated carbocycles. The van der Waals surface area contributed by atoms with Gasteiger partial charge in [0.05, 0.1) is 17.1 Å². The van der Waals surface area contributed by atoms with Gasteiger partial charge in [0, 0.05) is 6.04 Å². The van der Waals surface area contributed by atoms with E-state index in [2.05, 4.69) is 14.8 Å². The number of nitrogens with one attached hydrogen (secondary N) is 1. The monoisotopic (exact) mass is 368 g/mol. The fourth-order valence-corrected chi connectivity index (χ4v) is 3.62. The quantitative estimate of drug-likeness (QED) is 0.878. The molecule has 0 fully saturated rings. The number of halogens is 4. The Bertz CT molecular complexity index is 778. The number of nitrogens with zero attached hydrogens (tertiary/aromatic N) is 3. The van der Waals surface area contributed by atoms with Gasteiger partial charge in [-0.2, -0.15) is 18.3 Å². The van der Waals surface area contributed by atoms with E-state index < -0.39 is 32.7 Å². The van der Waals surface area contributed by atoms with Crippen LogP contribution in [0.1, 0.15) is 12.5 Å². The van der Waals surface area contributed by atoms with E-state index >= 15 is 0 Å². The van der Waals surface area contributed by atoms with Gasteiger partial charge in [-0.15, -0.1) is 0 Å². The molecule has 1 unspecified atom stereocenters. The normalized spacial score (nSPS) is 14.0. The summed E-state index contributed by atoms with van der Waals surface area (Å²) in [6, 6.07) is 1.50. The van der Waals surface area contributed by atoms with Crippen molar-refractivity contribution in [2.75, 3.05) is 0 Å². The number of rotatable bonds is 5. The van der Waals surface area contributed by atoms with E-state index in [1.54, 1.807) is 6.92 Å². The molecule has 126 valence electrons. The van der Waals surface area contributed by atoms with Gasteiger partial charge in [-0.05, 0) is 25.1 Å². The third-order valence-corrected chi connectivity index (χ3v) is 4.90. The van der Waals surface area contributed by atoms with Crippen molar-refractivity contribution in [2.45, 2.75) is 30.6 Å². The molecular formula is C12H12ClF3N4O2S. The van der Waals surface area contributed by atoms with Gasteiger partial charge in [-0.3, -0.25) is 4.68 Å². The van der Waals surface area contributed by atoms with Crippen LogP contribution < -0.4 is 4.72 Å². The molecule has 23 heavy (non-hydrogen) atoms. The minimum Gasteiger partial charge on any atom is -0.251 e. The first kappa shape index (κ1) is 17.7. The lowest BCUT2D eigenvalue weighted by Crippen LogP contribution is -2.36. The topological polar surface area (TPSA) is 76.9 Å². The number of hydrogen-bond acceptors (Lipinski definition) is 4. The molecule has 0 spiro atoms. The Morgan fingerprint density at radius 3 is 2.65 bits per heavy atom. The lowest BCUT2D eigenvalue weighted by molar-refractivity contribution is -0.137. The molecule has 0 amide bonds. The SMILES string of the molecule is CC(Cn1cncn1)NS(=O)(=O)c1cc(C(F)(F)F)ccc1Cl. The molecule has 2 rings (SSSR count). The summed E-state index contributed by atoms with van der Waals surface area (Å²) in [5, 5.41) is 3.53. The number of hydrogen-bond donors (Lipinski definition) is 1. The fraction of sp³-hybridized carbons (Fsp3) is 0.333. The fourth-order valence-electron chi connectivity index (χ4n) is 1.86. The number of sulfonamides is 1. The maximum Gasteiger partial charge on any atom is 0.416 e. The van der Waals surface area contributed by atoms with Crippen LogP contribution in [0.5, 0.6) is 0 Å². The van der Waals surface area contributed by atoms with Crippen LogP contribution >= 0.6 is 11.6 Å². The van der Waals surface area contributed by atoms with E-state index in [1.807, 2.05) is 0 Å². The highest BCUT2D eigenvalue weighted by Gasteiger charge is 2.33. The predicted molar refractivity (Wildman–Crippen MR) is 76.3 cm³/mol. The maximum atomic E-state index is 12.7. The van der Waals surface area contributed by atoms with Gasteiger partial charge in [0.25, 0.3) is 0 Å². The maximum absolute atomic E-state index is 12.7. The van der Waals surface area contributed by atoms with E-state index in [4.69, 9.17) is 11.6 Å². The first-order valence-corrected chi connectivity index (χ1v) is 8.17. The van der Waals surface area contributed by atoms with E-state index in [0.717, 1.165) is 12.1 Å². The number of aromatic nitrogens is 3. The van der Waals surface area contributed by atoms with E-state index in [0.29, 0.717) is 6.07 Å². The summed E-state index contributed by atoms with van der Waals surface area (Å²) in [5.41, 5.74) is -1.09. The minimum absolute atomic E-state index is 0.163. The molecule has 2 aromatic rings. The molecule has 0 saturated heterocycles. The van der Waals surface area contributed by atoms with Gasteiger partial charge in [0.2, 0.25) is 10.0 Å². The zero-order valence-corrected chi connectivity index (χ0v) is 13.3. The highest BCUT2D eigenvalue weighted by atomic mass is 35.5. The van der Waals surface area contributed by atoms with Crippen molar-refractivity contribution < 1.29 is 21.6 Å². The Balaban J connectivity index is 2.25. The van der Waals surface area contributed by atoms with E-state index in [1.165, 1.54) is 17.3 Å². The summed E-state index contributed by atoms with van der Waals surface area (Å²) in [6.45, 7) is 1.70. The zero-order valence-electron chi connectivity index (χ0n) is 11.7. The van der Waals surface area contributed by atoms with Crippen LogP contribution in [0.25, 0.3) is 0 Å². The molecule has 1 aromatic carbocycles. The average molecular weight is 369 g/mol. The Kier molecular flexibility index (Phi) is 4.97. The zero-order chi connectivity index (χ0) is 17.3. The van der Waals surface area contributed by atoms with Crippen LogP contribution in [-0.4, -0.2) is 29.2 Å². The molecular weight excluding hydrogens is 357 g/mol. The minimum atomic E-state index is -4.67. The summed E-state index contributed by atoms with van der Waals surface area (Å²) < 4.78 is 66.4. The first-order valence-electron chi connectivity index (χ1n) is 6.31.